The van der Waals surface area contributed by atoms with Crippen molar-refractivity contribution < 1.29 is 24.3 Å². The molecule has 12 nitrogen and oxygen atoms in total. The first-order valence-corrected chi connectivity index (χ1v) is 12.1. The van der Waals surface area contributed by atoms with Crippen molar-refractivity contribution in [3.63, 3.8) is 0 Å². The Labute approximate surface area is 221 Å². The summed E-state index contributed by atoms with van der Waals surface area (Å²) in [6.07, 6.45) is 0.786. The largest absolute Gasteiger partial charge is 0.508 e. The number of carbonyl (C=O) groups is 4. The number of benzene rings is 2. The first-order chi connectivity index (χ1) is 18.0. The van der Waals surface area contributed by atoms with Crippen LogP contribution in [-0.2, 0) is 32.0 Å². The van der Waals surface area contributed by atoms with Crippen LogP contribution >= 0.6 is 0 Å². The van der Waals surface area contributed by atoms with Crippen LogP contribution in [0.5, 0.6) is 5.75 Å². The molecule has 0 unspecified atom stereocenters. The van der Waals surface area contributed by atoms with Gasteiger partial charge in [-0.3, -0.25) is 24.2 Å². The number of phenols is 1. The van der Waals surface area contributed by atoms with Crippen LogP contribution in [0.4, 0.5) is 0 Å². The molecule has 0 heterocycles. The van der Waals surface area contributed by atoms with Gasteiger partial charge in [0.1, 0.15) is 23.9 Å². The zero-order valence-corrected chi connectivity index (χ0v) is 21.2. The standard InChI is InChI=1S/C26H35N7O5/c1-16(34)31-22(15-18-9-11-19(35)12-10-18)25(38)32-20(8-5-13-30-26(28)29)24(37)33-21(23(27)36)14-17-6-3-2-4-7-17/h2-4,6-7,9-12,20-22,35H,5,8,13-15H2,1H3,(H2,27,36)(H,31,34)(H,32,38)(H,33,37)(H4,28,29,30)/t20-,21-,22-/m1/s1. The monoisotopic (exact) mass is 525 g/mol. The van der Waals surface area contributed by atoms with Crippen molar-refractivity contribution in [1.82, 2.24) is 16.0 Å². The highest BCUT2D eigenvalue weighted by atomic mass is 16.3. The third-order valence-corrected chi connectivity index (χ3v) is 5.59. The number of amides is 4. The van der Waals surface area contributed by atoms with Gasteiger partial charge in [-0.2, -0.15) is 0 Å². The number of guanidine groups is 1. The van der Waals surface area contributed by atoms with Crippen LogP contribution in [0.1, 0.15) is 30.9 Å². The quantitative estimate of drug-likeness (QED) is 0.0945. The summed E-state index contributed by atoms with van der Waals surface area (Å²) in [7, 11) is 0. The van der Waals surface area contributed by atoms with E-state index in [2.05, 4.69) is 20.9 Å². The molecule has 12 heteroatoms. The molecule has 0 bridgehead atoms. The third kappa shape index (κ3) is 10.6. The lowest BCUT2D eigenvalue weighted by molar-refractivity contribution is -0.133. The van der Waals surface area contributed by atoms with Crippen LogP contribution < -0.4 is 33.2 Å². The summed E-state index contributed by atoms with van der Waals surface area (Å²) >= 11 is 0. The van der Waals surface area contributed by atoms with Crippen molar-refractivity contribution in [1.29, 1.82) is 0 Å². The fraction of sp³-hybridized carbons (Fsp3) is 0.346. The SMILES string of the molecule is CC(=O)N[C@H](Cc1ccc(O)cc1)C(=O)N[C@H](CCCN=C(N)N)C(=O)N[C@H](Cc1ccccc1)C(N)=O. The van der Waals surface area contributed by atoms with Gasteiger partial charge in [-0.15, -0.1) is 0 Å². The topological polar surface area (TPSA) is 215 Å². The van der Waals surface area contributed by atoms with E-state index < -0.39 is 41.8 Å². The van der Waals surface area contributed by atoms with E-state index in [4.69, 9.17) is 17.2 Å². The van der Waals surface area contributed by atoms with Crippen LogP contribution in [-0.4, -0.2) is 59.4 Å². The highest BCUT2D eigenvalue weighted by Gasteiger charge is 2.29. The van der Waals surface area contributed by atoms with E-state index >= 15 is 0 Å². The van der Waals surface area contributed by atoms with E-state index in [9.17, 15) is 24.3 Å². The summed E-state index contributed by atoms with van der Waals surface area (Å²) in [6.45, 7) is 1.49. The minimum Gasteiger partial charge on any atom is -0.508 e. The number of aromatic hydroxyl groups is 1. The molecule has 0 aliphatic rings. The fourth-order valence-corrected chi connectivity index (χ4v) is 3.71. The number of nitrogens with two attached hydrogens (primary N) is 3. The molecule has 0 aliphatic carbocycles. The van der Waals surface area contributed by atoms with Gasteiger partial charge >= 0.3 is 0 Å². The van der Waals surface area contributed by atoms with Crippen molar-refractivity contribution >= 4 is 29.6 Å². The average Bonchev–Trinajstić information content (AvgIpc) is 2.86. The first-order valence-electron chi connectivity index (χ1n) is 12.1. The summed E-state index contributed by atoms with van der Waals surface area (Å²) in [5, 5.41) is 17.4. The Morgan fingerprint density at radius 3 is 1.92 bits per heavy atom. The molecule has 3 atom stereocenters. The van der Waals surface area contributed by atoms with Gasteiger partial charge in [0.25, 0.3) is 0 Å². The van der Waals surface area contributed by atoms with Crippen LogP contribution in [0.25, 0.3) is 0 Å². The van der Waals surface area contributed by atoms with Gasteiger partial charge < -0.3 is 38.3 Å². The maximum absolute atomic E-state index is 13.2. The number of rotatable bonds is 14. The lowest BCUT2D eigenvalue weighted by atomic mass is 10.0. The molecule has 4 amide bonds. The number of carbonyl (C=O) groups excluding carboxylic acids is 4. The summed E-state index contributed by atoms with van der Waals surface area (Å²) in [5.74, 6) is -2.42. The Kier molecular flexibility index (Phi) is 11.6. The lowest BCUT2D eigenvalue weighted by Gasteiger charge is -2.25. The minimum atomic E-state index is -1.06. The molecule has 0 aliphatic heterocycles. The van der Waals surface area contributed by atoms with Crippen molar-refractivity contribution in [2.75, 3.05) is 6.54 Å². The number of hydrogen-bond acceptors (Lipinski definition) is 6. The van der Waals surface area contributed by atoms with Crippen LogP contribution in [0.2, 0.25) is 0 Å². The second-order valence-corrected chi connectivity index (χ2v) is 8.79. The zero-order chi connectivity index (χ0) is 28.1. The number of nitrogens with zero attached hydrogens (tertiary/aromatic N) is 1. The smallest absolute Gasteiger partial charge is 0.243 e. The summed E-state index contributed by atoms with van der Waals surface area (Å²) in [4.78, 5) is 54.2. The molecule has 0 radical (unpaired) electrons. The average molecular weight is 526 g/mol. The Morgan fingerprint density at radius 1 is 0.789 bits per heavy atom. The molecule has 0 saturated heterocycles. The van der Waals surface area contributed by atoms with Gasteiger partial charge in [0.2, 0.25) is 23.6 Å². The summed E-state index contributed by atoms with van der Waals surface area (Å²) in [6, 6.07) is 12.1. The molecule has 0 aromatic heterocycles. The highest BCUT2D eigenvalue weighted by Crippen LogP contribution is 2.12. The van der Waals surface area contributed by atoms with E-state index in [1.165, 1.54) is 19.1 Å². The lowest BCUT2D eigenvalue weighted by Crippen LogP contribution is -2.57. The molecule has 2 aromatic carbocycles. The number of hydrogen-bond donors (Lipinski definition) is 7. The van der Waals surface area contributed by atoms with Gasteiger partial charge in [-0.1, -0.05) is 42.5 Å². The van der Waals surface area contributed by atoms with Crippen molar-refractivity contribution in [2.24, 2.45) is 22.2 Å². The molecular formula is C26H35N7O5. The predicted octanol–water partition coefficient (Wildman–Crippen LogP) is -0.809. The van der Waals surface area contributed by atoms with Gasteiger partial charge in [0, 0.05) is 26.3 Å². The molecule has 204 valence electrons. The Morgan fingerprint density at radius 2 is 1.34 bits per heavy atom. The number of primary amides is 1. The van der Waals surface area contributed by atoms with Gasteiger partial charge in [-0.05, 0) is 36.1 Å². The van der Waals surface area contributed by atoms with Crippen LogP contribution in [0.15, 0.2) is 59.6 Å². The van der Waals surface area contributed by atoms with Crippen LogP contribution in [0, 0.1) is 0 Å². The van der Waals surface area contributed by atoms with E-state index in [1.54, 1.807) is 36.4 Å². The predicted molar refractivity (Wildman–Crippen MR) is 143 cm³/mol. The molecule has 2 rings (SSSR count). The zero-order valence-electron chi connectivity index (χ0n) is 21.2. The summed E-state index contributed by atoms with van der Waals surface area (Å²) in [5.41, 5.74) is 17.7. The van der Waals surface area contributed by atoms with Crippen molar-refractivity contribution in [2.45, 2.75) is 50.7 Å². The Hall–Kier alpha value is -4.61. The van der Waals surface area contributed by atoms with Gasteiger partial charge in [0.15, 0.2) is 5.96 Å². The molecule has 0 fully saturated rings. The molecule has 10 N–H and O–H groups in total. The minimum absolute atomic E-state index is 0.0614. The van der Waals surface area contributed by atoms with Gasteiger partial charge in [0.05, 0.1) is 0 Å². The highest BCUT2D eigenvalue weighted by molar-refractivity contribution is 5.94. The second-order valence-electron chi connectivity index (χ2n) is 8.79. The fourth-order valence-electron chi connectivity index (χ4n) is 3.71. The van der Waals surface area contributed by atoms with Gasteiger partial charge in [-0.25, -0.2) is 0 Å². The number of nitrogens with one attached hydrogen (secondary N) is 3. The summed E-state index contributed by atoms with van der Waals surface area (Å²) < 4.78 is 0. The molecule has 0 spiro atoms. The maximum Gasteiger partial charge on any atom is 0.243 e. The first kappa shape index (κ1) is 29.6. The Bertz CT molecular complexity index is 1120. The van der Waals surface area contributed by atoms with Crippen LogP contribution in [0.3, 0.4) is 0 Å². The molecule has 2 aromatic rings. The second kappa shape index (κ2) is 14.8. The maximum atomic E-state index is 13.2. The van der Waals surface area contributed by atoms with E-state index in [-0.39, 0.29) is 37.5 Å². The normalized spacial score (nSPS) is 12.9. The number of phenolic OH excluding ortho intramolecular Hbond substituents is 1. The molecule has 38 heavy (non-hydrogen) atoms. The third-order valence-electron chi connectivity index (χ3n) is 5.59. The van der Waals surface area contributed by atoms with E-state index in [0.717, 1.165) is 5.56 Å². The van der Waals surface area contributed by atoms with E-state index in [1.807, 2.05) is 6.07 Å². The molecule has 0 saturated carbocycles. The number of aliphatic imine (C=N–C) groups is 1. The Balaban J connectivity index is 2.19. The molecular weight excluding hydrogens is 490 g/mol. The van der Waals surface area contributed by atoms with Crippen molar-refractivity contribution in [3.8, 4) is 5.75 Å². The van der Waals surface area contributed by atoms with E-state index in [0.29, 0.717) is 12.0 Å². The van der Waals surface area contributed by atoms with Crippen molar-refractivity contribution in [3.05, 3.63) is 65.7 Å².